The van der Waals surface area contributed by atoms with Gasteiger partial charge >= 0.3 is 0 Å². The van der Waals surface area contributed by atoms with Gasteiger partial charge in [0.05, 0.1) is 24.1 Å². The van der Waals surface area contributed by atoms with E-state index in [-0.39, 0.29) is 11.8 Å². The molecule has 2 aromatic heterocycles. The standard InChI is InChI=1S/C20H20N4O3S/c1-13-4-2-3-5-15(13)21-18(25)11-24-8-6-16-17(10-24)28-20(22-16)23-19(26)14-7-9-27-12-14/h2-5,7,9,12H,6,8,10-11H2,1H3,(H,21,25)(H,22,23,26). The molecule has 7 nitrogen and oxygen atoms in total. The number of thiazole rings is 1. The van der Waals surface area contributed by atoms with Crippen molar-refractivity contribution in [2.24, 2.45) is 0 Å². The highest BCUT2D eigenvalue weighted by molar-refractivity contribution is 7.15. The molecule has 4 rings (SSSR count). The van der Waals surface area contributed by atoms with Gasteiger partial charge in [0.25, 0.3) is 5.91 Å². The maximum Gasteiger partial charge on any atom is 0.260 e. The normalized spacial score (nSPS) is 13.8. The van der Waals surface area contributed by atoms with Crippen LogP contribution >= 0.6 is 11.3 Å². The number of furan rings is 1. The average Bonchev–Trinajstić information content (AvgIpc) is 3.32. The van der Waals surface area contributed by atoms with Crippen molar-refractivity contribution in [3.8, 4) is 0 Å². The van der Waals surface area contributed by atoms with E-state index < -0.39 is 0 Å². The summed E-state index contributed by atoms with van der Waals surface area (Å²) in [5.41, 5.74) is 3.33. The van der Waals surface area contributed by atoms with Crippen molar-refractivity contribution in [2.45, 2.75) is 19.9 Å². The maximum absolute atomic E-state index is 12.4. The van der Waals surface area contributed by atoms with Crippen LogP contribution in [0.15, 0.2) is 47.3 Å². The summed E-state index contributed by atoms with van der Waals surface area (Å²) < 4.78 is 4.93. The molecule has 0 radical (unpaired) electrons. The van der Waals surface area contributed by atoms with Crippen LogP contribution in [0.2, 0.25) is 0 Å². The van der Waals surface area contributed by atoms with Crippen molar-refractivity contribution in [2.75, 3.05) is 23.7 Å². The highest BCUT2D eigenvalue weighted by Gasteiger charge is 2.23. The van der Waals surface area contributed by atoms with Gasteiger partial charge < -0.3 is 9.73 Å². The van der Waals surface area contributed by atoms with Gasteiger partial charge in [-0.05, 0) is 24.6 Å². The zero-order valence-corrected chi connectivity index (χ0v) is 16.2. The maximum atomic E-state index is 12.4. The predicted molar refractivity (Wildman–Crippen MR) is 108 cm³/mol. The molecule has 0 fully saturated rings. The largest absolute Gasteiger partial charge is 0.472 e. The summed E-state index contributed by atoms with van der Waals surface area (Å²) >= 11 is 1.45. The van der Waals surface area contributed by atoms with E-state index in [1.807, 2.05) is 31.2 Å². The molecule has 1 aromatic carbocycles. The lowest BCUT2D eigenvalue weighted by molar-refractivity contribution is -0.117. The Balaban J connectivity index is 1.35. The molecule has 28 heavy (non-hydrogen) atoms. The number of hydrogen-bond acceptors (Lipinski definition) is 6. The summed E-state index contributed by atoms with van der Waals surface area (Å²) in [4.78, 5) is 32.2. The molecule has 0 spiro atoms. The Kier molecular flexibility index (Phi) is 5.23. The first-order valence-corrected chi connectivity index (χ1v) is 9.80. The van der Waals surface area contributed by atoms with Crippen LogP contribution in [0.5, 0.6) is 0 Å². The highest BCUT2D eigenvalue weighted by Crippen LogP contribution is 2.28. The SMILES string of the molecule is Cc1ccccc1NC(=O)CN1CCc2nc(NC(=O)c3ccoc3)sc2C1. The summed E-state index contributed by atoms with van der Waals surface area (Å²) in [6.07, 6.45) is 3.62. The molecule has 0 saturated heterocycles. The second kappa shape index (κ2) is 7.95. The lowest BCUT2D eigenvalue weighted by Crippen LogP contribution is -2.36. The number of benzene rings is 1. The zero-order valence-electron chi connectivity index (χ0n) is 15.4. The van der Waals surface area contributed by atoms with Gasteiger partial charge in [-0.2, -0.15) is 0 Å². The minimum atomic E-state index is -0.241. The van der Waals surface area contributed by atoms with Gasteiger partial charge in [-0.1, -0.05) is 18.2 Å². The molecule has 3 aromatic rings. The number of carbonyl (C=O) groups is 2. The summed E-state index contributed by atoms with van der Waals surface area (Å²) in [5.74, 6) is -0.273. The Morgan fingerprint density at radius 1 is 1.25 bits per heavy atom. The number of nitrogens with zero attached hydrogens (tertiary/aromatic N) is 2. The van der Waals surface area contributed by atoms with E-state index in [4.69, 9.17) is 4.42 Å². The molecule has 0 unspecified atom stereocenters. The Bertz CT molecular complexity index is 997. The number of carbonyl (C=O) groups excluding carboxylic acids is 2. The number of fused-ring (bicyclic) bond motifs is 1. The van der Waals surface area contributed by atoms with Crippen LogP contribution in [0, 0.1) is 6.92 Å². The lowest BCUT2D eigenvalue weighted by Gasteiger charge is -2.25. The molecule has 0 aliphatic carbocycles. The smallest absolute Gasteiger partial charge is 0.260 e. The molecule has 1 aliphatic rings. The van der Waals surface area contributed by atoms with Crippen LogP contribution in [-0.2, 0) is 17.8 Å². The number of para-hydroxylation sites is 1. The van der Waals surface area contributed by atoms with Gasteiger partial charge in [-0.25, -0.2) is 4.98 Å². The zero-order chi connectivity index (χ0) is 19.5. The molecule has 2 N–H and O–H groups in total. The molecule has 0 bridgehead atoms. The number of hydrogen-bond donors (Lipinski definition) is 2. The van der Waals surface area contributed by atoms with Crippen LogP contribution in [-0.4, -0.2) is 34.8 Å². The average molecular weight is 396 g/mol. The van der Waals surface area contributed by atoms with Crippen LogP contribution in [0.3, 0.4) is 0 Å². The number of nitrogens with one attached hydrogen (secondary N) is 2. The van der Waals surface area contributed by atoms with Gasteiger partial charge in [0.1, 0.15) is 6.26 Å². The summed E-state index contributed by atoms with van der Waals surface area (Å²) in [6.45, 7) is 3.70. The fourth-order valence-electron chi connectivity index (χ4n) is 3.11. The number of aryl methyl sites for hydroxylation is 1. The number of rotatable bonds is 5. The molecule has 0 atom stereocenters. The fourth-order valence-corrected chi connectivity index (χ4v) is 4.15. The van der Waals surface area contributed by atoms with E-state index in [0.717, 1.165) is 34.8 Å². The van der Waals surface area contributed by atoms with Crippen LogP contribution in [0.25, 0.3) is 0 Å². The van der Waals surface area contributed by atoms with Crippen LogP contribution < -0.4 is 10.6 Å². The second-order valence-electron chi connectivity index (χ2n) is 6.68. The van der Waals surface area contributed by atoms with E-state index in [1.165, 1.54) is 23.9 Å². The van der Waals surface area contributed by atoms with Crippen LogP contribution in [0.1, 0.15) is 26.5 Å². The van der Waals surface area contributed by atoms with Crippen molar-refractivity contribution < 1.29 is 14.0 Å². The van der Waals surface area contributed by atoms with Crippen molar-refractivity contribution >= 4 is 34.0 Å². The van der Waals surface area contributed by atoms with Gasteiger partial charge in [-0.3, -0.25) is 19.8 Å². The van der Waals surface area contributed by atoms with E-state index >= 15 is 0 Å². The molecule has 0 saturated carbocycles. The summed E-state index contributed by atoms with van der Waals surface area (Å²) in [5, 5.41) is 6.35. The third-order valence-corrected chi connectivity index (χ3v) is 5.60. The van der Waals surface area contributed by atoms with Crippen molar-refractivity contribution in [1.29, 1.82) is 0 Å². The van der Waals surface area contributed by atoms with Crippen LogP contribution in [0.4, 0.5) is 10.8 Å². The highest BCUT2D eigenvalue weighted by atomic mass is 32.1. The third-order valence-electron chi connectivity index (χ3n) is 4.60. The minimum absolute atomic E-state index is 0.0317. The Labute approximate surface area is 166 Å². The first-order valence-electron chi connectivity index (χ1n) is 8.98. The lowest BCUT2D eigenvalue weighted by atomic mass is 10.1. The van der Waals surface area contributed by atoms with E-state index in [9.17, 15) is 9.59 Å². The predicted octanol–water partition coefficient (Wildman–Crippen LogP) is 3.29. The molecular weight excluding hydrogens is 376 g/mol. The van der Waals surface area contributed by atoms with Crippen molar-refractivity contribution in [3.63, 3.8) is 0 Å². The molecule has 3 heterocycles. The first kappa shape index (κ1) is 18.4. The van der Waals surface area contributed by atoms with Crippen molar-refractivity contribution in [1.82, 2.24) is 9.88 Å². The fraction of sp³-hybridized carbons (Fsp3) is 0.250. The number of anilines is 2. The quantitative estimate of drug-likeness (QED) is 0.691. The molecule has 8 heteroatoms. The van der Waals surface area contributed by atoms with E-state index in [1.54, 1.807) is 6.07 Å². The Morgan fingerprint density at radius 3 is 2.89 bits per heavy atom. The molecule has 1 aliphatic heterocycles. The van der Waals surface area contributed by atoms with E-state index in [0.29, 0.717) is 23.8 Å². The minimum Gasteiger partial charge on any atom is -0.472 e. The second-order valence-corrected chi connectivity index (χ2v) is 7.76. The van der Waals surface area contributed by atoms with Gasteiger partial charge in [0.2, 0.25) is 5.91 Å². The van der Waals surface area contributed by atoms with Gasteiger partial charge in [0.15, 0.2) is 5.13 Å². The molecule has 144 valence electrons. The topological polar surface area (TPSA) is 87.5 Å². The number of amides is 2. The number of aromatic nitrogens is 1. The Hall–Kier alpha value is -2.97. The van der Waals surface area contributed by atoms with Gasteiger partial charge in [-0.15, -0.1) is 11.3 Å². The third kappa shape index (κ3) is 4.13. The molecular formula is C20H20N4O3S. The summed E-state index contributed by atoms with van der Waals surface area (Å²) in [6, 6.07) is 9.34. The monoisotopic (exact) mass is 396 g/mol. The Morgan fingerprint density at radius 2 is 2.11 bits per heavy atom. The van der Waals surface area contributed by atoms with Crippen molar-refractivity contribution in [3.05, 3.63) is 64.6 Å². The first-order chi connectivity index (χ1) is 13.6. The summed E-state index contributed by atoms with van der Waals surface area (Å²) in [7, 11) is 0. The van der Waals surface area contributed by atoms with Gasteiger partial charge in [0, 0.05) is 30.1 Å². The van der Waals surface area contributed by atoms with E-state index in [2.05, 4.69) is 20.5 Å². The molecule has 2 amide bonds.